The van der Waals surface area contributed by atoms with Crippen LogP contribution in [0, 0.1) is 0 Å². The van der Waals surface area contributed by atoms with Gasteiger partial charge < -0.3 is 30.2 Å². The van der Waals surface area contributed by atoms with Crippen molar-refractivity contribution in [3.63, 3.8) is 0 Å². The number of halogens is 1. The molecular formula is C33H36ClN5O4S. The standard InChI is InChI=1S/C33H36ClN5O4S/c1-20-13-26(35-12-11-21-7-9-23(10-8-21)22-5-3-2-4-6-22)30-32(38-31(20)34)39(19-37-30)17-29-28(40)14-24(43-29)18-44-25-15-27(33(41)42)36-16-25/h2-10,13,19,24-25,27-29,35-36,40H,1,11-12,14-18H2,(H,41,42)/t24-,25-,27-,28+,29?/m0/s1. The largest absolute Gasteiger partial charge is 0.480 e. The Morgan fingerprint density at radius 1 is 1.16 bits per heavy atom. The molecule has 3 aliphatic rings. The molecule has 2 aromatic carbocycles. The number of carboxylic acids is 1. The molecule has 0 bridgehead atoms. The molecule has 4 heterocycles. The molecule has 0 radical (unpaired) electrons. The predicted octanol–water partition coefficient (Wildman–Crippen LogP) is 4.63. The Morgan fingerprint density at radius 3 is 2.68 bits per heavy atom. The number of benzene rings is 2. The number of ether oxygens (including phenoxy) is 1. The van der Waals surface area contributed by atoms with Crippen LogP contribution in [0.4, 0.5) is 5.82 Å². The fraction of sp³-hybridized carbons (Fsp3) is 0.364. The molecule has 230 valence electrons. The Hall–Kier alpha value is -3.41. The number of hydrogen-bond acceptors (Lipinski definition) is 8. The van der Waals surface area contributed by atoms with E-state index in [1.165, 1.54) is 16.7 Å². The molecule has 5 atom stereocenters. The van der Waals surface area contributed by atoms with Crippen LogP contribution in [0.1, 0.15) is 24.1 Å². The summed E-state index contributed by atoms with van der Waals surface area (Å²) in [5.74, 6) is 0.475. The van der Waals surface area contributed by atoms with Gasteiger partial charge in [0.1, 0.15) is 23.0 Å². The third-order valence-corrected chi connectivity index (χ3v) is 9.95. The Labute approximate surface area is 266 Å². The number of aliphatic hydroxyl groups is 1. The second-order valence-electron chi connectivity index (χ2n) is 11.4. The van der Waals surface area contributed by atoms with Crippen molar-refractivity contribution in [3.05, 3.63) is 90.4 Å². The first-order valence-electron chi connectivity index (χ1n) is 14.8. The van der Waals surface area contributed by atoms with Crippen molar-refractivity contribution in [1.82, 2.24) is 20.2 Å². The Morgan fingerprint density at radius 2 is 1.93 bits per heavy atom. The summed E-state index contributed by atoms with van der Waals surface area (Å²) in [7, 11) is 0. The number of fused-ring (bicyclic) bond motifs is 1. The van der Waals surface area contributed by atoms with Crippen molar-refractivity contribution in [3.8, 4) is 11.1 Å². The van der Waals surface area contributed by atoms with Gasteiger partial charge in [0.15, 0.2) is 5.82 Å². The lowest BCUT2D eigenvalue weighted by Crippen LogP contribution is -2.29. The van der Waals surface area contributed by atoms with Gasteiger partial charge in [0.25, 0.3) is 0 Å². The number of aliphatic hydroxyl groups excluding tert-OH is 1. The van der Waals surface area contributed by atoms with Crippen LogP contribution >= 0.6 is 23.4 Å². The van der Waals surface area contributed by atoms with E-state index in [0.29, 0.717) is 55.3 Å². The topological polar surface area (TPSA) is 121 Å². The molecule has 2 fully saturated rings. The fourth-order valence-corrected chi connectivity index (χ4v) is 7.18. The van der Waals surface area contributed by atoms with Gasteiger partial charge in [-0.1, -0.05) is 72.8 Å². The molecule has 0 saturated carbocycles. The van der Waals surface area contributed by atoms with Crippen molar-refractivity contribution in [1.29, 1.82) is 0 Å². The number of allylic oxidation sites excluding steroid dienone is 2. The first-order valence-corrected chi connectivity index (χ1v) is 16.3. The zero-order valence-corrected chi connectivity index (χ0v) is 25.8. The zero-order chi connectivity index (χ0) is 30.6. The summed E-state index contributed by atoms with van der Waals surface area (Å²) in [4.78, 5) is 20.5. The maximum absolute atomic E-state index is 11.2. The monoisotopic (exact) mass is 633 g/mol. The molecule has 4 N–H and O–H groups in total. The van der Waals surface area contributed by atoms with Gasteiger partial charge in [0, 0.05) is 36.1 Å². The second-order valence-corrected chi connectivity index (χ2v) is 13.1. The van der Waals surface area contributed by atoms with E-state index in [4.69, 9.17) is 16.3 Å². The van der Waals surface area contributed by atoms with E-state index in [9.17, 15) is 15.0 Å². The first-order chi connectivity index (χ1) is 21.3. The third-order valence-electron chi connectivity index (χ3n) is 8.23. The number of nitrogens with one attached hydrogen (secondary N) is 2. The third kappa shape index (κ3) is 7.11. The number of aromatic nitrogens is 2. The Balaban J connectivity index is 1.06. The molecule has 0 aliphatic carbocycles. The van der Waals surface area contributed by atoms with Crippen molar-refractivity contribution < 1.29 is 19.7 Å². The molecule has 2 saturated heterocycles. The molecular weight excluding hydrogens is 598 g/mol. The van der Waals surface area contributed by atoms with Gasteiger partial charge in [-0.05, 0) is 35.6 Å². The van der Waals surface area contributed by atoms with Gasteiger partial charge in [-0.2, -0.15) is 11.8 Å². The van der Waals surface area contributed by atoms with Gasteiger partial charge in [-0.3, -0.25) is 4.79 Å². The summed E-state index contributed by atoms with van der Waals surface area (Å²) >= 11 is 8.20. The number of aliphatic imine (C=N–C) groups is 1. The molecule has 44 heavy (non-hydrogen) atoms. The molecule has 0 amide bonds. The number of carbonyl (C=O) groups is 1. The zero-order valence-electron chi connectivity index (χ0n) is 24.2. The van der Waals surface area contributed by atoms with Crippen LogP contribution in [0.3, 0.4) is 0 Å². The number of hydrogen-bond donors (Lipinski definition) is 4. The number of rotatable bonds is 11. The highest BCUT2D eigenvalue weighted by atomic mass is 35.5. The number of carboxylic acid groups (broad SMARTS) is 1. The minimum atomic E-state index is -0.812. The molecule has 1 unspecified atom stereocenters. The minimum absolute atomic E-state index is 0.114. The lowest BCUT2D eigenvalue weighted by atomic mass is 10.0. The SMILES string of the molecule is C=C1C=C(NCCc2ccc(-c3ccccc3)cc2)c2ncn(CC3O[C@H](CS[C@@H]4CN[C@H](C(=O)O)C4)C[C@H]3O)c2N=C1Cl. The molecule has 1 aromatic heterocycles. The average Bonchev–Trinajstić information content (AvgIpc) is 3.74. The number of nitrogens with zero attached hydrogens (tertiary/aromatic N) is 3. The summed E-state index contributed by atoms with van der Waals surface area (Å²) in [6.07, 6.45) is 4.34. The van der Waals surface area contributed by atoms with Crippen LogP contribution in [0.25, 0.3) is 16.8 Å². The number of aliphatic carboxylic acids is 1. The van der Waals surface area contributed by atoms with E-state index in [1.54, 1.807) is 18.1 Å². The van der Waals surface area contributed by atoms with E-state index >= 15 is 0 Å². The maximum atomic E-state index is 11.2. The molecule has 3 aromatic rings. The first kappa shape index (κ1) is 30.6. The quantitative estimate of drug-likeness (QED) is 0.241. The summed E-state index contributed by atoms with van der Waals surface area (Å²) in [5.41, 5.74) is 5.65. The van der Waals surface area contributed by atoms with Gasteiger partial charge in [-0.15, -0.1) is 0 Å². The smallest absolute Gasteiger partial charge is 0.320 e. The predicted molar refractivity (Wildman–Crippen MR) is 175 cm³/mol. The fourth-order valence-electron chi connectivity index (χ4n) is 5.80. The van der Waals surface area contributed by atoms with Gasteiger partial charge in [0.05, 0.1) is 30.8 Å². The number of imidazole rings is 1. The molecule has 3 aliphatic heterocycles. The normalized spacial score (nSPS) is 24.9. The summed E-state index contributed by atoms with van der Waals surface area (Å²) < 4.78 is 8.11. The van der Waals surface area contributed by atoms with Crippen LogP contribution < -0.4 is 10.6 Å². The van der Waals surface area contributed by atoms with Crippen molar-refractivity contribution in [2.24, 2.45) is 4.99 Å². The molecule has 0 spiro atoms. The number of thioether (sulfide) groups is 1. The summed E-state index contributed by atoms with van der Waals surface area (Å²) in [6, 6.07) is 18.4. The lowest BCUT2D eigenvalue weighted by Gasteiger charge is -2.17. The van der Waals surface area contributed by atoms with Crippen LogP contribution in [-0.2, 0) is 22.5 Å². The maximum Gasteiger partial charge on any atom is 0.320 e. The highest BCUT2D eigenvalue weighted by Crippen LogP contribution is 2.33. The van der Waals surface area contributed by atoms with E-state index in [1.807, 2.05) is 28.8 Å². The highest BCUT2D eigenvalue weighted by Gasteiger charge is 2.36. The van der Waals surface area contributed by atoms with Gasteiger partial charge in [-0.25, -0.2) is 9.98 Å². The minimum Gasteiger partial charge on any atom is -0.480 e. The van der Waals surface area contributed by atoms with E-state index < -0.39 is 24.2 Å². The van der Waals surface area contributed by atoms with Crippen LogP contribution in [-0.4, -0.2) is 79.4 Å². The van der Waals surface area contributed by atoms with Crippen molar-refractivity contribution >= 4 is 46.0 Å². The van der Waals surface area contributed by atoms with E-state index in [0.717, 1.165) is 12.1 Å². The van der Waals surface area contributed by atoms with Crippen molar-refractivity contribution in [2.45, 2.75) is 55.4 Å². The van der Waals surface area contributed by atoms with E-state index in [2.05, 4.69) is 63.6 Å². The van der Waals surface area contributed by atoms with Crippen LogP contribution in [0.2, 0.25) is 0 Å². The Bertz CT molecular complexity index is 1560. The molecule has 11 heteroatoms. The summed E-state index contributed by atoms with van der Waals surface area (Å²) in [6.45, 7) is 5.79. The van der Waals surface area contributed by atoms with Gasteiger partial charge >= 0.3 is 5.97 Å². The lowest BCUT2D eigenvalue weighted by molar-refractivity contribution is -0.139. The molecule has 6 rings (SSSR count). The highest BCUT2D eigenvalue weighted by molar-refractivity contribution is 8.00. The summed E-state index contributed by atoms with van der Waals surface area (Å²) in [5, 5.41) is 27.1. The van der Waals surface area contributed by atoms with Gasteiger partial charge in [0.2, 0.25) is 0 Å². The molecule has 9 nitrogen and oxygen atoms in total. The van der Waals surface area contributed by atoms with E-state index in [-0.39, 0.29) is 16.5 Å². The van der Waals surface area contributed by atoms with Crippen LogP contribution in [0.5, 0.6) is 0 Å². The van der Waals surface area contributed by atoms with Crippen LogP contribution in [0.15, 0.2) is 84.1 Å². The average molecular weight is 634 g/mol. The second kappa shape index (κ2) is 13.7. The Kier molecular flexibility index (Phi) is 9.53. The van der Waals surface area contributed by atoms with Crippen molar-refractivity contribution in [2.75, 3.05) is 18.8 Å².